The molecule has 0 spiro atoms. The van der Waals surface area contributed by atoms with Crippen molar-refractivity contribution in [1.82, 2.24) is 25.0 Å². The van der Waals surface area contributed by atoms with Crippen LogP contribution in [-0.2, 0) is 13.1 Å². The third kappa shape index (κ3) is 3.29. The zero-order valence-electron chi connectivity index (χ0n) is 13.6. The van der Waals surface area contributed by atoms with E-state index in [-0.39, 0.29) is 0 Å². The fourth-order valence-electron chi connectivity index (χ4n) is 3.50. The van der Waals surface area contributed by atoms with Crippen molar-refractivity contribution in [1.29, 1.82) is 0 Å². The Kier molecular flexibility index (Phi) is 4.60. The highest BCUT2D eigenvalue weighted by Crippen LogP contribution is 2.37. The molecule has 0 radical (unpaired) electrons. The summed E-state index contributed by atoms with van der Waals surface area (Å²) >= 11 is 0. The van der Waals surface area contributed by atoms with E-state index in [2.05, 4.69) is 41.1 Å². The van der Waals surface area contributed by atoms with Crippen LogP contribution in [0.2, 0.25) is 0 Å². The molecule has 3 unspecified atom stereocenters. The van der Waals surface area contributed by atoms with Gasteiger partial charge in [0.15, 0.2) is 0 Å². The van der Waals surface area contributed by atoms with Gasteiger partial charge in [-0.05, 0) is 31.6 Å². The minimum Gasteiger partial charge on any atom is -0.311 e. The van der Waals surface area contributed by atoms with Gasteiger partial charge in [-0.25, -0.2) is 9.67 Å². The number of hydrogen-bond donors (Lipinski definition) is 1. The molecule has 1 saturated carbocycles. The number of aryl methyl sites for hydroxylation is 1. The summed E-state index contributed by atoms with van der Waals surface area (Å²) in [6.45, 7) is 10.9. The number of nitrogens with zero attached hydrogens (tertiary/aromatic N) is 4. The molecule has 3 atom stereocenters. The van der Waals surface area contributed by atoms with Crippen LogP contribution >= 0.6 is 0 Å². The molecule has 1 aliphatic carbocycles. The molecule has 5 nitrogen and oxygen atoms in total. The molecule has 1 aromatic rings. The van der Waals surface area contributed by atoms with Crippen LogP contribution in [0.15, 0.2) is 6.33 Å². The van der Waals surface area contributed by atoms with Gasteiger partial charge in [-0.1, -0.05) is 20.3 Å². The molecule has 5 heteroatoms. The van der Waals surface area contributed by atoms with Crippen LogP contribution in [0.5, 0.6) is 0 Å². The lowest BCUT2D eigenvalue weighted by Gasteiger charge is -2.42. The lowest BCUT2D eigenvalue weighted by atomic mass is 9.94. The molecular formula is C16H29N5. The number of hydrogen-bond acceptors (Lipinski definition) is 4. The maximum absolute atomic E-state index is 4.48. The standard InChI is InChI=1S/C16H29N5/c1-4-12(3)14-9-20(15(8-17-14)13-6-7-13)10-16-18-11-19-21(16)5-2/h11-15,17H,4-10H2,1-3H3. The van der Waals surface area contributed by atoms with Crippen LogP contribution in [0.4, 0.5) is 0 Å². The SMILES string of the molecule is CCC(C)C1CN(Cc2ncnn2CC)C(C2CC2)CN1. The maximum atomic E-state index is 4.48. The molecule has 3 rings (SSSR count). The molecule has 0 amide bonds. The van der Waals surface area contributed by atoms with Gasteiger partial charge in [0, 0.05) is 31.7 Å². The summed E-state index contributed by atoms with van der Waals surface area (Å²) in [6, 6.07) is 1.30. The second-order valence-electron chi connectivity index (χ2n) is 6.73. The predicted octanol–water partition coefficient (Wildman–Crippen LogP) is 1.90. The van der Waals surface area contributed by atoms with Crippen LogP contribution in [-0.4, -0.2) is 44.8 Å². The van der Waals surface area contributed by atoms with Gasteiger partial charge < -0.3 is 5.32 Å². The lowest BCUT2D eigenvalue weighted by Crippen LogP contribution is -2.58. The Morgan fingerprint density at radius 1 is 1.38 bits per heavy atom. The second-order valence-corrected chi connectivity index (χ2v) is 6.73. The van der Waals surface area contributed by atoms with Gasteiger partial charge in [0.25, 0.3) is 0 Å². The predicted molar refractivity (Wildman–Crippen MR) is 83.9 cm³/mol. The highest BCUT2D eigenvalue weighted by molar-refractivity contribution is 4.98. The molecule has 1 saturated heterocycles. The van der Waals surface area contributed by atoms with E-state index in [0.717, 1.165) is 43.8 Å². The Bertz CT molecular complexity index is 453. The van der Waals surface area contributed by atoms with Gasteiger partial charge >= 0.3 is 0 Å². The Morgan fingerprint density at radius 2 is 2.19 bits per heavy atom. The first-order valence-electron chi connectivity index (χ1n) is 8.57. The van der Waals surface area contributed by atoms with Crippen LogP contribution < -0.4 is 5.32 Å². The molecule has 2 aliphatic rings. The Hall–Kier alpha value is -0.940. The van der Waals surface area contributed by atoms with Crippen molar-refractivity contribution in [3.8, 4) is 0 Å². The average Bonchev–Trinajstić information content (AvgIpc) is 3.26. The van der Waals surface area contributed by atoms with Crippen molar-refractivity contribution in [2.75, 3.05) is 13.1 Å². The highest BCUT2D eigenvalue weighted by atomic mass is 15.4. The van der Waals surface area contributed by atoms with Crippen LogP contribution in [0.3, 0.4) is 0 Å². The minimum absolute atomic E-state index is 0.614. The molecule has 0 bridgehead atoms. The maximum Gasteiger partial charge on any atom is 0.141 e. The van der Waals surface area contributed by atoms with Crippen molar-refractivity contribution in [3.05, 3.63) is 12.2 Å². The fraction of sp³-hybridized carbons (Fsp3) is 0.875. The van der Waals surface area contributed by atoms with Gasteiger partial charge in [0.05, 0.1) is 6.54 Å². The highest BCUT2D eigenvalue weighted by Gasteiger charge is 2.39. The molecule has 118 valence electrons. The molecule has 1 aliphatic heterocycles. The molecule has 0 aromatic carbocycles. The van der Waals surface area contributed by atoms with E-state index in [1.54, 1.807) is 6.33 Å². The van der Waals surface area contributed by atoms with Crippen molar-refractivity contribution >= 4 is 0 Å². The Balaban J connectivity index is 1.71. The smallest absolute Gasteiger partial charge is 0.141 e. The molecular weight excluding hydrogens is 262 g/mol. The van der Waals surface area contributed by atoms with Crippen molar-refractivity contribution in [3.63, 3.8) is 0 Å². The van der Waals surface area contributed by atoms with Crippen molar-refractivity contribution < 1.29 is 0 Å². The summed E-state index contributed by atoms with van der Waals surface area (Å²) in [4.78, 5) is 7.14. The van der Waals surface area contributed by atoms with E-state index >= 15 is 0 Å². The molecule has 1 aromatic heterocycles. The molecule has 21 heavy (non-hydrogen) atoms. The number of nitrogens with one attached hydrogen (secondary N) is 1. The average molecular weight is 291 g/mol. The van der Waals surface area contributed by atoms with Crippen molar-refractivity contribution in [2.45, 2.75) is 65.2 Å². The van der Waals surface area contributed by atoms with E-state index in [1.165, 1.54) is 19.3 Å². The number of piperazine rings is 1. The van der Waals surface area contributed by atoms with E-state index < -0.39 is 0 Å². The zero-order chi connectivity index (χ0) is 14.8. The number of aromatic nitrogens is 3. The fourth-order valence-corrected chi connectivity index (χ4v) is 3.50. The first-order valence-corrected chi connectivity index (χ1v) is 8.57. The minimum atomic E-state index is 0.614. The summed E-state index contributed by atoms with van der Waals surface area (Å²) in [6.07, 6.45) is 5.73. The van der Waals surface area contributed by atoms with E-state index in [1.807, 2.05) is 4.68 Å². The first-order chi connectivity index (χ1) is 10.2. The van der Waals surface area contributed by atoms with Gasteiger partial charge in [-0.15, -0.1) is 0 Å². The quantitative estimate of drug-likeness (QED) is 0.869. The van der Waals surface area contributed by atoms with Crippen LogP contribution in [0.1, 0.15) is 45.9 Å². The summed E-state index contributed by atoms with van der Waals surface area (Å²) < 4.78 is 2.03. The van der Waals surface area contributed by atoms with E-state index in [4.69, 9.17) is 0 Å². The first kappa shape index (κ1) is 15.0. The van der Waals surface area contributed by atoms with Crippen molar-refractivity contribution in [2.24, 2.45) is 11.8 Å². The Morgan fingerprint density at radius 3 is 2.86 bits per heavy atom. The monoisotopic (exact) mass is 291 g/mol. The summed E-state index contributed by atoms with van der Waals surface area (Å²) in [5.41, 5.74) is 0. The molecule has 2 fully saturated rings. The normalized spacial score (nSPS) is 28.7. The van der Waals surface area contributed by atoms with Gasteiger partial charge in [0.2, 0.25) is 0 Å². The number of rotatable bonds is 6. The molecule has 2 heterocycles. The third-order valence-electron chi connectivity index (χ3n) is 5.33. The van der Waals surface area contributed by atoms with Gasteiger partial charge in [-0.3, -0.25) is 4.90 Å². The lowest BCUT2D eigenvalue weighted by molar-refractivity contribution is 0.0852. The van der Waals surface area contributed by atoms with E-state index in [9.17, 15) is 0 Å². The van der Waals surface area contributed by atoms with Gasteiger partial charge in [0.1, 0.15) is 12.2 Å². The van der Waals surface area contributed by atoms with Gasteiger partial charge in [-0.2, -0.15) is 5.10 Å². The van der Waals surface area contributed by atoms with Crippen LogP contribution in [0.25, 0.3) is 0 Å². The summed E-state index contributed by atoms with van der Waals surface area (Å²) in [5, 5.41) is 8.11. The summed E-state index contributed by atoms with van der Waals surface area (Å²) in [7, 11) is 0. The van der Waals surface area contributed by atoms with E-state index in [0.29, 0.717) is 12.1 Å². The molecule has 1 N–H and O–H groups in total. The summed E-state index contributed by atoms with van der Waals surface area (Å²) in [5.74, 6) is 2.75. The third-order valence-corrected chi connectivity index (χ3v) is 5.33. The van der Waals surface area contributed by atoms with Crippen LogP contribution in [0, 0.1) is 11.8 Å². The Labute approximate surface area is 128 Å². The zero-order valence-corrected chi connectivity index (χ0v) is 13.6. The topological polar surface area (TPSA) is 46.0 Å². The largest absolute Gasteiger partial charge is 0.311 e. The second kappa shape index (κ2) is 6.44.